The Morgan fingerprint density at radius 3 is 2.52 bits per heavy atom. The van der Waals surface area contributed by atoms with Gasteiger partial charge >= 0.3 is 0 Å². The summed E-state index contributed by atoms with van der Waals surface area (Å²) in [6, 6.07) is 10.4. The van der Waals surface area contributed by atoms with E-state index in [9.17, 15) is 4.79 Å². The molecule has 2 aromatic heterocycles. The van der Waals surface area contributed by atoms with Crippen LogP contribution in [0.25, 0.3) is 5.82 Å². The van der Waals surface area contributed by atoms with Crippen LogP contribution in [-0.2, 0) is 0 Å². The molecule has 124 valence electrons. The fraction of sp³-hybridized carbons (Fsp3) is 0.167. The van der Waals surface area contributed by atoms with E-state index in [1.165, 1.54) is 13.1 Å². The molecule has 0 bridgehead atoms. The highest BCUT2D eigenvalue weighted by molar-refractivity contribution is 5.94. The second-order valence-electron chi connectivity index (χ2n) is 5.46. The molecule has 1 aromatic carbocycles. The van der Waals surface area contributed by atoms with Crippen molar-refractivity contribution in [1.29, 1.82) is 5.26 Å². The normalized spacial score (nSPS) is 10.3. The van der Waals surface area contributed by atoms with Crippen molar-refractivity contribution in [2.24, 2.45) is 0 Å². The number of hydrogen-bond acceptors (Lipinski definition) is 6. The third kappa shape index (κ3) is 3.38. The van der Waals surface area contributed by atoms with Gasteiger partial charge in [-0.05, 0) is 45.0 Å². The Balaban J connectivity index is 1.95. The second kappa shape index (κ2) is 6.53. The molecule has 0 spiro atoms. The number of carbonyl (C=O) groups excluding carboxylic acids is 1. The SMILES string of the molecule is CC(=O)c1cnn(-c2cc(Oc3ccc(C#N)cc3)nc(C)n2)c1C. The molecule has 0 saturated heterocycles. The van der Waals surface area contributed by atoms with Crippen LogP contribution in [0, 0.1) is 25.2 Å². The quantitative estimate of drug-likeness (QED) is 0.681. The highest BCUT2D eigenvalue weighted by Gasteiger charge is 2.14. The molecule has 0 radical (unpaired) electrons. The van der Waals surface area contributed by atoms with Crippen molar-refractivity contribution in [2.75, 3.05) is 0 Å². The van der Waals surface area contributed by atoms with Crippen LogP contribution in [0.3, 0.4) is 0 Å². The number of aromatic nitrogens is 4. The van der Waals surface area contributed by atoms with E-state index in [1.807, 2.05) is 6.92 Å². The van der Waals surface area contributed by atoms with Crippen molar-refractivity contribution >= 4 is 5.78 Å². The van der Waals surface area contributed by atoms with E-state index in [0.717, 1.165) is 0 Å². The first-order valence-corrected chi connectivity index (χ1v) is 7.57. The van der Waals surface area contributed by atoms with Crippen LogP contribution in [0.1, 0.15) is 34.4 Å². The number of Topliss-reactive ketones (excluding diaryl/α,β-unsaturated/α-hetero) is 1. The van der Waals surface area contributed by atoms with Crippen LogP contribution in [0.4, 0.5) is 0 Å². The maximum absolute atomic E-state index is 11.6. The van der Waals surface area contributed by atoms with Crippen LogP contribution in [0.5, 0.6) is 11.6 Å². The van der Waals surface area contributed by atoms with E-state index in [0.29, 0.717) is 40.1 Å². The summed E-state index contributed by atoms with van der Waals surface area (Å²) in [6.45, 7) is 5.06. The number of ether oxygens (including phenoxy) is 1. The molecule has 3 aromatic rings. The predicted octanol–water partition coefficient (Wildman–Crippen LogP) is 3.15. The van der Waals surface area contributed by atoms with Gasteiger partial charge in [-0.1, -0.05) is 0 Å². The first kappa shape index (κ1) is 16.3. The number of nitriles is 1. The molecule has 7 heteroatoms. The first-order valence-electron chi connectivity index (χ1n) is 7.57. The van der Waals surface area contributed by atoms with Gasteiger partial charge in [0.25, 0.3) is 0 Å². The molecule has 0 unspecified atom stereocenters. The average molecular weight is 333 g/mol. The zero-order chi connectivity index (χ0) is 18.0. The van der Waals surface area contributed by atoms with E-state index >= 15 is 0 Å². The zero-order valence-corrected chi connectivity index (χ0v) is 14.0. The first-order chi connectivity index (χ1) is 12.0. The lowest BCUT2D eigenvalue weighted by molar-refractivity contribution is 0.101. The summed E-state index contributed by atoms with van der Waals surface area (Å²) in [5.41, 5.74) is 1.80. The van der Waals surface area contributed by atoms with Crippen molar-refractivity contribution in [2.45, 2.75) is 20.8 Å². The van der Waals surface area contributed by atoms with Crippen LogP contribution >= 0.6 is 0 Å². The number of nitrogens with zero attached hydrogens (tertiary/aromatic N) is 5. The molecule has 0 N–H and O–H groups in total. The van der Waals surface area contributed by atoms with Crippen molar-refractivity contribution in [3.63, 3.8) is 0 Å². The number of hydrogen-bond donors (Lipinski definition) is 0. The standard InChI is InChI=1S/C18H15N5O2/c1-11-16(12(2)24)10-20-23(11)17-8-18(22-13(3)21-17)25-15-6-4-14(9-19)5-7-15/h4-8,10H,1-3H3. The van der Waals surface area contributed by atoms with Crippen LogP contribution in [0.15, 0.2) is 36.5 Å². The molecule has 0 saturated carbocycles. The molecule has 0 amide bonds. The minimum Gasteiger partial charge on any atom is -0.439 e. The zero-order valence-electron chi connectivity index (χ0n) is 14.0. The number of carbonyl (C=O) groups is 1. The summed E-state index contributed by atoms with van der Waals surface area (Å²) in [6.07, 6.45) is 1.52. The maximum Gasteiger partial charge on any atom is 0.224 e. The fourth-order valence-electron chi connectivity index (χ4n) is 2.39. The van der Waals surface area contributed by atoms with E-state index in [4.69, 9.17) is 10.00 Å². The van der Waals surface area contributed by atoms with Gasteiger partial charge in [-0.2, -0.15) is 15.3 Å². The van der Waals surface area contributed by atoms with Crippen molar-refractivity contribution in [3.8, 4) is 23.5 Å². The minimum absolute atomic E-state index is 0.0522. The van der Waals surface area contributed by atoms with Crippen molar-refractivity contribution in [1.82, 2.24) is 19.7 Å². The van der Waals surface area contributed by atoms with Gasteiger partial charge in [-0.3, -0.25) is 4.79 Å². The Morgan fingerprint density at radius 2 is 1.92 bits per heavy atom. The van der Waals surface area contributed by atoms with Gasteiger partial charge in [0, 0.05) is 6.07 Å². The third-order valence-corrected chi connectivity index (χ3v) is 3.61. The Bertz CT molecular complexity index is 984. The summed E-state index contributed by atoms with van der Waals surface area (Å²) in [7, 11) is 0. The van der Waals surface area contributed by atoms with Gasteiger partial charge in [-0.15, -0.1) is 0 Å². The minimum atomic E-state index is -0.0522. The van der Waals surface area contributed by atoms with Gasteiger partial charge in [0.15, 0.2) is 11.6 Å². The number of benzene rings is 1. The summed E-state index contributed by atoms with van der Waals surface area (Å²) in [5, 5.41) is 13.1. The molecule has 0 aliphatic carbocycles. The summed E-state index contributed by atoms with van der Waals surface area (Å²) < 4.78 is 7.33. The highest BCUT2D eigenvalue weighted by atomic mass is 16.5. The van der Waals surface area contributed by atoms with Gasteiger partial charge < -0.3 is 4.74 Å². The van der Waals surface area contributed by atoms with E-state index in [-0.39, 0.29) is 5.78 Å². The lowest BCUT2D eigenvalue weighted by Crippen LogP contribution is -2.06. The number of aryl methyl sites for hydroxylation is 1. The molecule has 0 fully saturated rings. The average Bonchev–Trinajstić information content (AvgIpc) is 2.97. The van der Waals surface area contributed by atoms with E-state index < -0.39 is 0 Å². The second-order valence-corrected chi connectivity index (χ2v) is 5.46. The Morgan fingerprint density at radius 1 is 1.20 bits per heavy atom. The van der Waals surface area contributed by atoms with Gasteiger partial charge in [0.2, 0.25) is 5.88 Å². The van der Waals surface area contributed by atoms with Gasteiger partial charge in [0.05, 0.1) is 29.1 Å². The molecule has 7 nitrogen and oxygen atoms in total. The monoisotopic (exact) mass is 333 g/mol. The largest absolute Gasteiger partial charge is 0.439 e. The maximum atomic E-state index is 11.6. The van der Waals surface area contributed by atoms with Gasteiger partial charge in [-0.25, -0.2) is 9.67 Å². The molecular formula is C18H15N5O2. The van der Waals surface area contributed by atoms with Gasteiger partial charge in [0.1, 0.15) is 11.6 Å². The summed E-state index contributed by atoms with van der Waals surface area (Å²) in [4.78, 5) is 20.2. The molecule has 0 atom stereocenters. The molecule has 0 aliphatic heterocycles. The van der Waals surface area contributed by atoms with Crippen LogP contribution < -0.4 is 4.74 Å². The molecular weight excluding hydrogens is 318 g/mol. The number of rotatable bonds is 4. The molecule has 0 aliphatic rings. The topological polar surface area (TPSA) is 93.7 Å². The van der Waals surface area contributed by atoms with E-state index in [2.05, 4.69) is 21.1 Å². The lowest BCUT2D eigenvalue weighted by Gasteiger charge is -2.09. The third-order valence-electron chi connectivity index (χ3n) is 3.61. The van der Waals surface area contributed by atoms with E-state index in [1.54, 1.807) is 41.9 Å². The van der Waals surface area contributed by atoms with Crippen LogP contribution in [-0.4, -0.2) is 25.5 Å². The summed E-state index contributed by atoms with van der Waals surface area (Å²) >= 11 is 0. The Labute approximate surface area is 144 Å². The van der Waals surface area contributed by atoms with Crippen molar-refractivity contribution < 1.29 is 9.53 Å². The number of ketones is 1. The predicted molar refractivity (Wildman–Crippen MR) is 89.9 cm³/mol. The fourth-order valence-corrected chi connectivity index (χ4v) is 2.39. The molecule has 2 heterocycles. The van der Waals surface area contributed by atoms with Crippen LogP contribution in [0.2, 0.25) is 0 Å². The molecule has 3 rings (SSSR count). The highest BCUT2D eigenvalue weighted by Crippen LogP contribution is 2.22. The molecule has 25 heavy (non-hydrogen) atoms. The Kier molecular flexibility index (Phi) is 4.27. The van der Waals surface area contributed by atoms with Crippen molar-refractivity contribution in [3.05, 3.63) is 59.2 Å². The lowest BCUT2D eigenvalue weighted by atomic mass is 10.2. The smallest absolute Gasteiger partial charge is 0.224 e. The Hall–Kier alpha value is -3.53. The summed E-state index contributed by atoms with van der Waals surface area (Å²) in [5.74, 6) is 1.89.